The number of amidine groups is 1. The van der Waals surface area contributed by atoms with Crippen molar-refractivity contribution in [1.29, 1.82) is 0 Å². The van der Waals surface area contributed by atoms with Gasteiger partial charge in [0, 0.05) is 23.6 Å². The molecule has 1 saturated carbocycles. The Bertz CT molecular complexity index is 1210. The molecule has 0 N–H and O–H groups in total. The van der Waals surface area contributed by atoms with Gasteiger partial charge in [0.15, 0.2) is 5.17 Å². The van der Waals surface area contributed by atoms with Crippen LogP contribution in [-0.2, 0) is 4.79 Å². The van der Waals surface area contributed by atoms with Gasteiger partial charge in [-0.1, -0.05) is 37.5 Å². The molecule has 0 atom stereocenters. The maximum Gasteiger partial charge on any atom is 0.267 e. The van der Waals surface area contributed by atoms with Crippen molar-refractivity contribution in [1.82, 2.24) is 14.5 Å². The Morgan fingerprint density at radius 2 is 1.85 bits per heavy atom. The number of nitrogens with zero attached hydrogens (tertiary/aromatic N) is 4. The van der Waals surface area contributed by atoms with E-state index in [1.54, 1.807) is 6.20 Å². The fourth-order valence-corrected chi connectivity index (χ4v) is 5.85. The molecular weight excluding hydrogens is 428 g/mol. The van der Waals surface area contributed by atoms with Gasteiger partial charge in [-0.25, -0.2) is 4.99 Å². The standard InChI is InChI=1S/C27H28N4OS/c1-19-16-21(20(2)30(19)24-14-9-15-28-18-24)17-25-26(32)31(23-12-7-4-8-13-23)27(33-25)29-22-10-5-3-6-11-22/h3,5-6,9-11,14-18,23H,4,7-8,12-13H2,1-2H3/b25-17-,29-27?. The lowest BCUT2D eigenvalue weighted by Crippen LogP contribution is -2.40. The van der Waals surface area contributed by atoms with E-state index in [4.69, 9.17) is 4.99 Å². The van der Waals surface area contributed by atoms with Crippen LogP contribution in [0, 0.1) is 13.8 Å². The number of amides is 1. The fourth-order valence-electron chi connectivity index (χ4n) is 4.80. The van der Waals surface area contributed by atoms with E-state index in [9.17, 15) is 4.79 Å². The van der Waals surface area contributed by atoms with Crippen LogP contribution in [0.15, 0.2) is 70.8 Å². The Labute approximate surface area is 199 Å². The number of hydrogen-bond acceptors (Lipinski definition) is 4. The molecule has 1 aliphatic carbocycles. The first-order valence-electron chi connectivity index (χ1n) is 11.6. The molecule has 0 bridgehead atoms. The Morgan fingerprint density at radius 3 is 2.58 bits per heavy atom. The van der Waals surface area contributed by atoms with Gasteiger partial charge in [-0.05, 0) is 80.4 Å². The highest BCUT2D eigenvalue weighted by molar-refractivity contribution is 8.18. The summed E-state index contributed by atoms with van der Waals surface area (Å²) in [5, 5.41) is 0.797. The number of carbonyl (C=O) groups is 1. The van der Waals surface area contributed by atoms with E-state index in [0.717, 1.165) is 51.2 Å². The van der Waals surface area contributed by atoms with Crippen LogP contribution in [-0.4, -0.2) is 31.6 Å². The van der Waals surface area contributed by atoms with Crippen LogP contribution in [0.2, 0.25) is 0 Å². The number of aromatic nitrogens is 2. The molecular formula is C27H28N4OS. The zero-order valence-corrected chi connectivity index (χ0v) is 19.9. The van der Waals surface area contributed by atoms with Crippen LogP contribution >= 0.6 is 11.8 Å². The first-order valence-corrected chi connectivity index (χ1v) is 12.4. The topological polar surface area (TPSA) is 50.5 Å². The molecule has 2 fully saturated rings. The first-order chi connectivity index (χ1) is 16.1. The number of carbonyl (C=O) groups excluding carboxylic acids is 1. The number of pyridine rings is 1. The van der Waals surface area contributed by atoms with Gasteiger partial charge in [0.2, 0.25) is 0 Å². The van der Waals surface area contributed by atoms with Crippen LogP contribution in [0.4, 0.5) is 5.69 Å². The van der Waals surface area contributed by atoms with Gasteiger partial charge in [0.25, 0.3) is 5.91 Å². The van der Waals surface area contributed by atoms with Gasteiger partial charge in [0.05, 0.1) is 22.5 Å². The molecule has 5 rings (SSSR count). The molecule has 6 heteroatoms. The van der Waals surface area contributed by atoms with Crippen molar-refractivity contribution >= 4 is 34.6 Å². The van der Waals surface area contributed by atoms with E-state index in [0.29, 0.717) is 0 Å². The Morgan fingerprint density at radius 1 is 1.06 bits per heavy atom. The lowest BCUT2D eigenvalue weighted by atomic mass is 9.94. The highest BCUT2D eigenvalue weighted by Crippen LogP contribution is 2.39. The zero-order chi connectivity index (χ0) is 22.8. The Balaban J connectivity index is 1.52. The maximum atomic E-state index is 13.6. The third-order valence-corrected chi connectivity index (χ3v) is 7.40. The molecule has 5 nitrogen and oxygen atoms in total. The predicted molar refractivity (Wildman–Crippen MR) is 136 cm³/mol. The molecule has 168 valence electrons. The maximum absolute atomic E-state index is 13.6. The second-order valence-corrected chi connectivity index (χ2v) is 9.69. The second kappa shape index (κ2) is 9.40. The summed E-state index contributed by atoms with van der Waals surface area (Å²) in [6.07, 6.45) is 11.4. The lowest BCUT2D eigenvalue weighted by Gasteiger charge is -2.30. The van der Waals surface area contributed by atoms with E-state index in [-0.39, 0.29) is 11.9 Å². The molecule has 1 amide bonds. The molecule has 0 radical (unpaired) electrons. The van der Waals surface area contributed by atoms with Crippen molar-refractivity contribution in [3.63, 3.8) is 0 Å². The minimum absolute atomic E-state index is 0.0766. The van der Waals surface area contributed by atoms with Crippen molar-refractivity contribution < 1.29 is 4.79 Å². The van der Waals surface area contributed by atoms with Gasteiger partial charge in [-0.2, -0.15) is 0 Å². The number of aryl methyl sites for hydroxylation is 1. The van der Waals surface area contributed by atoms with Gasteiger partial charge in [-0.15, -0.1) is 0 Å². The van der Waals surface area contributed by atoms with Crippen LogP contribution < -0.4 is 0 Å². The van der Waals surface area contributed by atoms with E-state index >= 15 is 0 Å². The average molecular weight is 457 g/mol. The minimum atomic E-state index is 0.0766. The fraction of sp³-hybridized carbons (Fsp3) is 0.296. The molecule has 0 unspecified atom stereocenters. The SMILES string of the molecule is Cc1cc(/C=C2\SC(=Nc3ccccc3)N(C3CCCCC3)C2=O)c(C)n1-c1cccnc1. The summed E-state index contributed by atoms with van der Waals surface area (Å²) >= 11 is 1.50. The van der Waals surface area contributed by atoms with Crippen molar-refractivity contribution in [2.24, 2.45) is 4.99 Å². The summed E-state index contributed by atoms with van der Waals surface area (Å²) in [6.45, 7) is 4.18. The molecule has 2 aromatic heterocycles. The largest absolute Gasteiger partial charge is 0.316 e. The van der Waals surface area contributed by atoms with Gasteiger partial charge in [0.1, 0.15) is 0 Å². The minimum Gasteiger partial charge on any atom is -0.316 e. The highest BCUT2D eigenvalue weighted by atomic mass is 32.2. The zero-order valence-electron chi connectivity index (χ0n) is 19.1. The van der Waals surface area contributed by atoms with Crippen LogP contribution in [0.5, 0.6) is 0 Å². The summed E-state index contributed by atoms with van der Waals surface area (Å²) in [5.41, 5.74) is 5.17. The summed E-state index contributed by atoms with van der Waals surface area (Å²) < 4.78 is 2.18. The second-order valence-electron chi connectivity index (χ2n) is 8.68. The number of hydrogen-bond donors (Lipinski definition) is 0. The van der Waals surface area contributed by atoms with Crippen molar-refractivity contribution in [3.8, 4) is 5.69 Å². The van der Waals surface area contributed by atoms with Crippen LogP contribution in [0.3, 0.4) is 0 Å². The molecule has 1 aromatic carbocycles. The molecule has 1 saturated heterocycles. The lowest BCUT2D eigenvalue weighted by molar-refractivity contribution is -0.124. The number of para-hydroxylation sites is 1. The molecule has 3 aromatic rings. The third-order valence-electron chi connectivity index (χ3n) is 6.42. The summed E-state index contributed by atoms with van der Waals surface area (Å²) in [4.78, 5) is 25.5. The van der Waals surface area contributed by atoms with Crippen LogP contribution in [0.1, 0.15) is 49.1 Å². The molecule has 3 heterocycles. The van der Waals surface area contributed by atoms with Crippen LogP contribution in [0.25, 0.3) is 11.8 Å². The smallest absolute Gasteiger partial charge is 0.267 e. The van der Waals surface area contributed by atoms with Crippen molar-refractivity contribution in [3.05, 3.63) is 82.8 Å². The number of benzene rings is 1. The van der Waals surface area contributed by atoms with E-state index in [1.807, 2.05) is 53.6 Å². The number of thioether (sulfide) groups is 1. The summed E-state index contributed by atoms with van der Waals surface area (Å²) in [6, 6.07) is 16.3. The number of rotatable bonds is 4. The Hall–Kier alpha value is -3.12. The predicted octanol–water partition coefficient (Wildman–Crippen LogP) is 6.43. The Kier molecular flexibility index (Phi) is 6.18. The molecule has 33 heavy (non-hydrogen) atoms. The van der Waals surface area contributed by atoms with Gasteiger partial charge < -0.3 is 4.57 Å². The normalized spacial score (nSPS) is 19.7. The molecule has 0 spiro atoms. The summed E-state index contributed by atoms with van der Waals surface area (Å²) in [5.74, 6) is 0.0766. The van der Waals surface area contributed by atoms with Crippen molar-refractivity contribution in [2.45, 2.75) is 52.0 Å². The third kappa shape index (κ3) is 4.40. The van der Waals surface area contributed by atoms with Gasteiger partial charge in [-0.3, -0.25) is 14.7 Å². The summed E-state index contributed by atoms with van der Waals surface area (Å²) in [7, 11) is 0. The molecule has 1 aliphatic heterocycles. The monoisotopic (exact) mass is 456 g/mol. The average Bonchev–Trinajstić information content (AvgIpc) is 3.30. The van der Waals surface area contributed by atoms with E-state index < -0.39 is 0 Å². The quantitative estimate of drug-likeness (QED) is 0.425. The first kappa shape index (κ1) is 21.7. The highest BCUT2D eigenvalue weighted by Gasteiger charge is 2.38. The van der Waals surface area contributed by atoms with E-state index in [2.05, 4.69) is 35.5 Å². The van der Waals surface area contributed by atoms with Gasteiger partial charge >= 0.3 is 0 Å². The number of aliphatic imine (C=N–C) groups is 1. The van der Waals surface area contributed by atoms with E-state index in [1.165, 1.54) is 31.0 Å². The molecule has 2 aliphatic rings. The van der Waals surface area contributed by atoms with Crippen molar-refractivity contribution in [2.75, 3.05) is 0 Å².